The van der Waals surface area contributed by atoms with E-state index in [0.717, 1.165) is 21.5 Å². The first kappa shape index (κ1) is 14.7. The van der Waals surface area contributed by atoms with Gasteiger partial charge in [0.15, 0.2) is 0 Å². The summed E-state index contributed by atoms with van der Waals surface area (Å²) in [5.74, 6) is 2.53. The number of hydrogen-bond acceptors (Lipinski definition) is 3. The molecule has 0 aliphatic rings. The van der Waals surface area contributed by atoms with Gasteiger partial charge in [0.25, 0.3) is 0 Å². The van der Waals surface area contributed by atoms with E-state index in [-0.39, 0.29) is 0 Å². The van der Waals surface area contributed by atoms with Gasteiger partial charge in [-0.2, -0.15) is 0 Å². The maximum Gasteiger partial charge on any atom is 0.241 e. The zero-order valence-electron chi connectivity index (χ0n) is 9.49. The van der Waals surface area contributed by atoms with Crippen LogP contribution in [0.4, 0.5) is 0 Å². The summed E-state index contributed by atoms with van der Waals surface area (Å²) in [5, 5.41) is 0. The van der Waals surface area contributed by atoms with Crippen LogP contribution in [0, 0.1) is 19.3 Å². The van der Waals surface area contributed by atoms with Crippen molar-refractivity contribution in [2.75, 3.05) is 6.54 Å². The van der Waals surface area contributed by atoms with E-state index >= 15 is 0 Å². The van der Waals surface area contributed by atoms with Gasteiger partial charge in [-0.05, 0) is 41.8 Å². The van der Waals surface area contributed by atoms with E-state index in [0.29, 0.717) is 17.9 Å². The van der Waals surface area contributed by atoms with Gasteiger partial charge in [0.05, 0.1) is 8.68 Å². The molecular weight excluding hydrogens is 322 g/mol. The fourth-order valence-electron chi connectivity index (χ4n) is 1.33. The third-order valence-electron chi connectivity index (χ3n) is 2.17. The minimum absolute atomic E-state index is 0.353. The quantitative estimate of drug-likeness (QED) is 0.641. The van der Waals surface area contributed by atoms with Crippen LogP contribution in [0.1, 0.15) is 24.1 Å². The molecular formula is C11H14BrNO2S2. The van der Waals surface area contributed by atoms with Crippen LogP contribution in [-0.2, 0) is 10.0 Å². The van der Waals surface area contributed by atoms with Crippen LogP contribution in [0.15, 0.2) is 14.7 Å². The highest BCUT2D eigenvalue weighted by Crippen LogP contribution is 2.29. The topological polar surface area (TPSA) is 46.2 Å². The number of sulfonamides is 1. The lowest BCUT2D eigenvalue weighted by atomic mass is 10.2. The van der Waals surface area contributed by atoms with Crippen LogP contribution in [0.25, 0.3) is 0 Å². The highest BCUT2D eigenvalue weighted by molar-refractivity contribution is 9.11. The molecule has 1 rings (SSSR count). The summed E-state index contributed by atoms with van der Waals surface area (Å²) in [6.07, 6.45) is 7.40. The third kappa shape index (κ3) is 4.43. The summed E-state index contributed by atoms with van der Waals surface area (Å²) in [5.41, 5.74) is 0. The van der Waals surface area contributed by atoms with E-state index in [9.17, 15) is 8.42 Å². The second-order valence-electron chi connectivity index (χ2n) is 3.53. The van der Waals surface area contributed by atoms with Gasteiger partial charge in [-0.1, -0.05) is 0 Å². The molecule has 0 aliphatic carbocycles. The van der Waals surface area contributed by atoms with Gasteiger partial charge in [-0.25, -0.2) is 13.1 Å². The van der Waals surface area contributed by atoms with Gasteiger partial charge in [-0.3, -0.25) is 0 Å². The van der Waals surface area contributed by atoms with Gasteiger partial charge in [0.1, 0.15) is 0 Å². The highest BCUT2D eigenvalue weighted by atomic mass is 79.9. The Hall–Kier alpha value is -0.350. The Morgan fingerprint density at radius 1 is 1.53 bits per heavy atom. The molecule has 17 heavy (non-hydrogen) atoms. The maximum atomic E-state index is 11.9. The second kappa shape index (κ2) is 6.55. The Labute approximate surface area is 115 Å². The Morgan fingerprint density at radius 2 is 2.24 bits per heavy atom. The normalized spacial score (nSPS) is 11.4. The Balaban J connectivity index is 2.58. The molecule has 1 aromatic heterocycles. The predicted molar refractivity (Wildman–Crippen MR) is 74.6 cm³/mol. The van der Waals surface area contributed by atoms with Crippen molar-refractivity contribution in [2.45, 2.75) is 31.1 Å². The van der Waals surface area contributed by atoms with Crippen LogP contribution >= 0.6 is 27.3 Å². The minimum atomic E-state index is -3.38. The lowest BCUT2D eigenvalue weighted by Crippen LogP contribution is -2.24. The van der Waals surface area contributed by atoms with E-state index in [1.807, 2.05) is 0 Å². The van der Waals surface area contributed by atoms with Crippen LogP contribution in [0.5, 0.6) is 0 Å². The van der Waals surface area contributed by atoms with Gasteiger partial charge in [-0.15, -0.1) is 23.7 Å². The number of rotatable bonds is 6. The Kier molecular flexibility index (Phi) is 5.67. The molecule has 0 aliphatic heterocycles. The zero-order valence-corrected chi connectivity index (χ0v) is 12.7. The van der Waals surface area contributed by atoms with E-state index < -0.39 is 10.0 Å². The zero-order chi connectivity index (χ0) is 12.9. The first-order chi connectivity index (χ1) is 7.97. The second-order valence-corrected chi connectivity index (χ2v) is 7.90. The van der Waals surface area contributed by atoms with Crippen molar-refractivity contribution in [2.24, 2.45) is 0 Å². The van der Waals surface area contributed by atoms with Crippen molar-refractivity contribution in [3.63, 3.8) is 0 Å². The smallest absolute Gasteiger partial charge is 0.211 e. The lowest BCUT2D eigenvalue weighted by molar-refractivity contribution is 0.577. The number of nitrogens with one attached hydrogen (secondary N) is 1. The Bertz CT molecular complexity index is 514. The molecule has 0 aromatic carbocycles. The molecule has 1 N–H and O–H groups in total. The highest BCUT2D eigenvalue weighted by Gasteiger charge is 2.18. The van der Waals surface area contributed by atoms with E-state index in [2.05, 4.69) is 26.6 Å². The molecule has 3 nitrogen and oxygen atoms in total. The molecule has 0 atom stereocenters. The molecule has 0 fully saturated rings. The standard InChI is InChI=1S/C11H14BrNO2S2/c1-3-4-5-6-7-13-17(14,15)10-8-11(12)16-9(10)2/h1,8,13H,4-7H2,2H3. The molecule has 0 unspecified atom stereocenters. The fraction of sp³-hybridized carbons (Fsp3) is 0.455. The lowest BCUT2D eigenvalue weighted by Gasteiger charge is -2.05. The average molecular weight is 336 g/mol. The summed E-state index contributed by atoms with van der Waals surface area (Å²) in [6, 6.07) is 1.63. The van der Waals surface area contributed by atoms with Gasteiger partial charge >= 0.3 is 0 Å². The summed E-state index contributed by atoms with van der Waals surface area (Å²) in [4.78, 5) is 1.14. The molecule has 0 spiro atoms. The number of aryl methyl sites for hydroxylation is 1. The molecule has 1 aromatic rings. The number of unbranched alkanes of at least 4 members (excludes halogenated alkanes) is 2. The molecule has 0 bridgehead atoms. The van der Waals surface area contributed by atoms with Crippen LogP contribution in [0.2, 0.25) is 0 Å². The molecule has 6 heteroatoms. The third-order valence-corrected chi connectivity index (χ3v) is 5.44. The van der Waals surface area contributed by atoms with E-state index in [4.69, 9.17) is 6.42 Å². The fourth-order valence-corrected chi connectivity index (χ4v) is 4.82. The summed E-state index contributed by atoms with van der Waals surface area (Å²) in [6.45, 7) is 2.22. The minimum Gasteiger partial charge on any atom is -0.211 e. The summed E-state index contributed by atoms with van der Waals surface area (Å²) in [7, 11) is -3.38. The van der Waals surface area contributed by atoms with Crippen molar-refractivity contribution in [3.8, 4) is 12.3 Å². The summed E-state index contributed by atoms with van der Waals surface area (Å²) >= 11 is 4.70. The molecule has 0 amide bonds. The predicted octanol–water partition coefficient (Wildman–Crippen LogP) is 2.90. The average Bonchev–Trinajstić information content (AvgIpc) is 2.58. The number of hydrogen-bond donors (Lipinski definition) is 1. The monoisotopic (exact) mass is 335 g/mol. The molecule has 0 saturated heterocycles. The first-order valence-electron chi connectivity index (χ1n) is 5.16. The van der Waals surface area contributed by atoms with Crippen molar-refractivity contribution in [1.82, 2.24) is 4.72 Å². The molecule has 94 valence electrons. The maximum absolute atomic E-state index is 11.9. The number of halogens is 1. The largest absolute Gasteiger partial charge is 0.241 e. The van der Waals surface area contributed by atoms with Gasteiger partial charge < -0.3 is 0 Å². The van der Waals surface area contributed by atoms with Crippen molar-refractivity contribution in [1.29, 1.82) is 0 Å². The first-order valence-corrected chi connectivity index (χ1v) is 8.25. The van der Waals surface area contributed by atoms with Crippen molar-refractivity contribution < 1.29 is 8.42 Å². The van der Waals surface area contributed by atoms with Crippen molar-refractivity contribution in [3.05, 3.63) is 14.7 Å². The molecule has 0 saturated carbocycles. The number of thiophene rings is 1. The van der Waals surface area contributed by atoms with E-state index in [1.54, 1.807) is 13.0 Å². The van der Waals surface area contributed by atoms with E-state index in [1.165, 1.54) is 11.3 Å². The van der Waals surface area contributed by atoms with Gasteiger partial charge in [0, 0.05) is 17.8 Å². The SMILES string of the molecule is C#CCCCCNS(=O)(=O)c1cc(Br)sc1C. The van der Waals surface area contributed by atoms with Crippen LogP contribution < -0.4 is 4.72 Å². The summed E-state index contributed by atoms with van der Waals surface area (Å²) < 4.78 is 27.3. The number of terminal acetylenes is 1. The Morgan fingerprint density at radius 3 is 2.76 bits per heavy atom. The van der Waals surface area contributed by atoms with Crippen LogP contribution in [0.3, 0.4) is 0 Å². The molecule has 1 heterocycles. The van der Waals surface area contributed by atoms with Gasteiger partial charge in [0.2, 0.25) is 10.0 Å². The van der Waals surface area contributed by atoms with Crippen molar-refractivity contribution >= 4 is 37.3 Å². The van der Waals surface area contributed by atoms with Crippen LogP contribution in [-0.4, -0.2) is 15.0 Å². The molecule has 0 radical (unpaired) electrons.